The summed E-state index contributed by atoms with van der Waals surface area (Å²) in [7, 11) is -4.15. The number of halogens is 3. The van der Waals surface area contributed by atoms with Crippen molar-refractivity contribution in [3.63, 3.8) is 0 Å². The molecule has 24 heavy (non-hydrogen) atoms. The molecule has 2 heterocycles. The molecule has 7 heteroatoms. The summed E-state index contributed by atoms with van der Waals surface area (Å²) in [4.78, 5) is -0.614. The van der Waals surface area contributed by atoms with Crippen molar-refractivity contribution in [3.05, 3.63) is 41.0 Å². The van der Waals surface area contributed by atoms with Crippen molar-refractivity contribution >= 4 is 10.0 Å². The molecule has 0 radical (unpaired) electrons. The normalized spacial score (nSPS) is 27.6. The molecule has 0 N–H and O–H groups in total. The van der Waals surface area contributed by atoms with E-state index in [2.05, 4.69) is 0 Å². The number of sulfonamides is 1. The second-order valence-corrected chi connectivity index (χ2v) is 8.64. The molecule has 2 atom stereocenters. The third-order valence-electron chi connectivity index (χ3n) is 5.26. The highest BCUT2D eigenvalue weighted by Crippen LogP contribution is 2.47. The first-order chi connectivity index (χ1) is 11.3. The van der Waals surface area contributed by atoms with E-state index in [-0.39, 0.29) is 12.1 Å². The van der Waals surface area contributed by atoms with E-state index < -0.39 is 26.7 Å². The van der Waals surface area contributed by atoms with Gasteiger partial charge in [-0.25, -0.2) is 8.42 Å². The highest BCUT2D eigenvalue weighted by molar-refractivity contribution is 7.89. The molecule has 1 aromatic rings. The maximum absolute atomic E-state index is 13.2. The molecule has 2 bridgehead atoms. The zero-order valence-corrected chi connectivity index (χ0v) is 13.8. The quantitative estimate of drug-likeness (QED) is 0.747. The third-order valence-corrected chi connectivity index (χ3v) is 7.33. The van der Waals surface area contributed by atoms with E-state index in [1.807, 2.05) is 0 Å². The lowest BCUT2D eigenvalue weighted by Crippen LogP contribution is -2.45. The number of allylic oxidation sites excluding steroid dienone is 1. The molecule has 1 aromatic carbocycles. The van der Waals surface area contributed by atoms with Gasteiger partial charge in [0.2, 0.25) is 10.0 Å². The van der Waals surface area contributed by atoms with Crippen molar-refractivity contribution in [2.75, 3.05) is 0 Å². The van der Waals surface area contributed by atoms with Crippen LogP contribution in [0.2, 0.25) is 0 Å². The van der Waals surface area contributed by atoms with Crippen LogP contribution in [-0.4, -0.2) is 24.8 Å². The topological polar surface area (TPSA) is 37.4 Å². The molecule has 3 nitrogen and oxygen atoms in total. The zero-order valence-electron chi connectivity index (χ0n) is 13.0. The summed E-state index contributed by atoms with van der Waals surface area (Å²) in [6.07, 6.45) is 0.332. The number of rotatable bonds is 2. The van der Waals surface area contributed by atoms with Gasteiger partial charge >= 0.3 is 6.18 Å². The Hall–Kier alpha value is -1.34. The second-order valence-electron chi connectivity index (χ2n) is 6.83. The Kier molecular flexibility index (Phi) is 3.58. The predicted molar refractivity (Wildman–Crippen MR) is 82.8 cm³/mol. The molecule has 130 valence electrons. The Bertz CT molecular complexity index is 791. The van der Waals surface area contributed by atoms with Crippen molar-refractivity contribution in [1.82, 2.24) is 4.31 Å². The molecule has 1 saturated carbocycles. The Labute approximate surface area is 139 Å². The number of hydrogen-bond acceptors (Lipinski definition) is 2. The summed E-state index contributed by atoms with van der Waals surface area (Å²) in [5.41, 5.74) is 1.70. The Morgan fingerprint density at radius 1 is 0.958 bits per heavy atom. The first-order valence-electron chi connectivity index (χ1n) is 8.18. The molecule has 2 saturated heterocycles. The fraction of sp³-hybridized carbons (Fsp3) is 0.529. The van der Waals surface area contributed by atoms with Crippen LogP contribution in [0.3, 0.4) is 0 Å². The van der Waals surface area contributed by atoms with E-state index in [1.54, 1.807) is 0 Å². The van der Waals surface area contributed by atoms with Crippen LogP contribution in [0.1, 0.15) is 44.1 Å². The summed E-state index contributed by atoms with van der Waals surface area (Å²) in [6.45, 7) is 0. The number of benzene rings is 1. The maximum Gasteiger partial charge on any atom is 0.417 e. The van der Waals surface area contributed by atoms with Crippen LogP contribution in [0.15, 0.2) is 40.3 Å². The average Bonchev–Trinajstić information content (AvgIpc) is 3.32. The van der Waals surface area contributed by atoms with Gasteiger partial charge in [0.25, 0.3) is 0 Å². The van der Waals surface area contributed by atoms with Gasteiger partial charge in [-0.1, -0.05) is 23.3 Å². The van der Waals surface area contributed by atoms with Gasteiger partial charge in [-0.05, 0) is 50.7 Å². The van der Waals surface area contributed by atoms with Gasteiger partial charge in [0.05, 0.1) is 10.5 Å². The van der Waals surface area contributed by atoms with E-state index in [4.69, 9.17) is 0 Å². The summed E-state index contributed by atoms with van der Waals surface area (Å²) in [5.74, 6) is 0. The Morgan fingerprint density at radius 2 is 1.54 bits per heavy atom. The minimum atomic E-state index is -4.68. The van der Waals surface area contributed by atoms with Crippen LogP contribution >= 0.6 is 0 Å². The fourth-order valence-electron chi connectivity index (χ4n) is 4.11. The lowest BCUT2D eigenvalue weighted by Gasteiger charge is -2.35. The van der Waals surface area contributed by atoms with Crippen LogP contribution in [0.4, 0.5) is 13.2 Å². The van der Waals surface area contributed by atoms with Gasteiger partial charge in [-0.15, -0.1) is 0 Å². The number of fused-ring (bicyclic) bond motifs is 2. The van der Waals surface area contributed by atoms with Crippen molar-refractivity contribution < 1.29 is 21.6 Å². The maximum atomic E-state index is 13.2. The van der Waals surface area contributed by atoms with E-state index in [9.17, 15) is 21.6 Å². The lowest BCUT2D eigenvalue weighted by atomic mass is 9.98. The highest BCUT2D eigenvalue weighted by Gasteiger charge is 2.48. The van der Waals surface area contributed by atoms with Crippen LogP contribution in [0.5, 0.6) is 0 Å². The van der Waals surface area contributed by atoms with Gasteiger partial charge in [0, 0.05) is 12.1 Å². The Balaban J connectivity index is 1.74. The minimum absolute atomic E-state index is 0.196. The average molecular weight is 357 g/mol. The van der Waals surface area contributed by atoms with Crippen molar-refractivity contribution in [2.24, 2.45) is 0 Å². The van der Waals surface area contributed by atoms with E-state index in [1.165, 1.54) is 27.6 Å². The number of piperidine rings is 1. The van der Waals surface area contributed by atoms with Crippen LogP contribution in [0, 0.1) is 0 Å². The molecule has 3 aliphatic rings. The first-order valence-corrected chi connectivity index (χ1v) is 9.62. The van der Waals surface area contributed by atoms with Gasteiger partial charge in [-0.2, -0.15) is 17.5 Å². The lowest BCUT2D eigenvalue weighted by molar-refractivity contribution is -0.139. The van der Waals surface area contributed by atoms with Crippen molar-refractivity contribution in [1.29, 1.82) is 0 Å². The van der Waals surface area contributed by atoms with Gasteiger partial charge in [-0.3, -0.25) is 0 Å². The SMILES string of the molecule is O=S(=O)(c1ccccc1C(F)(F)F)N1C2CCC1CC(=C1CC1)C2. The standard InChI is InChI=1S/C17H18F3NO2S/c18-17(19,20)15-3-1-2-4-16(15)24(22,23)21-13-7-8-14(21)10-12(9-13)11-5-6-11/h1-4,13-14H,5-10H2. The predicted octanol–water partition coefficient (Wildman–Crippen LogP) is 4.11. The van der Waals surface area contributed by atoms with Gasteiger partial charge in [0.1, 0.15) is 0 Å². The van der Waals surface area contributed by atoms with Gasteiger partial charge in [0.15, 0.2) is 0 Å². The molecule has 2 unspecified atom stereocenters. The van der Waals surface area contributed by atoms with Gasteiger partial charge < -0.3 is 0 Å². The molecule has 0 aromatic heterocycles. The third kappa shape index (κ3) is 2.58. The molecule has 2 aliphatic heterocycles. The number of nitrogens with zero attached hydrogens (tertiary/aromatic N) is 1. The van der Waals surface area contributed by atoms with Crippen molar-refractivity contribution in [2.45, 2.75) is 61.7 Å². The number of hydrogen-bond donors (Lipinski definition) is 0. The zero-order chi connectivity index (χ0) is 17.1. The van der Waals surface area contributed by atoms with E-state index in [0.717, 1.165) is 37.8 Å². The van der Waals surface area contributed by atoms with Crippen LogP contribution in [-0.2, 0) is 16.2 Å². The molecule has 0 spiro atoms. The van der Waals surface area contributed by atoms with Crippen LogP contribution < -0.4 is 0 Å². The Morgan fingerprint density at radius 3 is 2.08 bits per heavy atom. The molecule has 3 fully saturated rings. The molecular weight excluding hydrogens is 339 g/mol. The number of alkyl halides is 3. The fourth-order valence-corrected chi connectivity index (χ4v) is 6.19. The van der Waals surface area contributed by atoms with Crippen molar-refractivity contribution in [3.8, 4) is 0 Å². The van der Waals surface area contributed by atoms with E-state index >= 15 is 0 Å². The summed E-state index contributed by atoms with van der Waals surface area (Å²) in [5, 5.41) is 0. The molecule has 0 amide bonds. The summed E-state index contributed by atoms with van der Waals surface area (Å²) in [6, 6.07) is 4.10. The first kappa shape index (κ1) is 16.1. The largest absolute Gasteiger partial charge is 0.417 e. The van der Waals surface area contributed by atoms with Crippen LogP contribution in [0.25, 0.3) is 0 Å². The second kappa shape index (κ2) is 5.33. The molecule has 4 rings (SSSR count). The monoisotopic (exact) mass is 357 g/mol. The minimum Gasteiger partial charge on any atom is -0.207 e. The molecular formula is C17H18F3NO2S. The molecule has 1 aliphatic carbocycles. The van der Waals surface area contributed by atoms with E-state index in [0.29, 0.717) is 12.8 Å². The summed E-state index contributed by atoms with van der Waals surface area (Å²) >= 11 is 0. The highest BCUT2D eigenvalue weighted by atomic mass is 32.2. The smallest absolute Gasteiger partial charge is 0.207 e. The summed E-state index contributed by atoms with van der Waals surface area (Å²) < 4.78 is 67.1.